The van der Waals surface area contributed by atoms with E-state index in [9.17, 15) is 9.59 Å². The van der Waals surface area contributed by atoms with Crippen LogP contribution in [0.4, 0.5) is 0 Å². The van der Waals surface area contributed by atoms with E-state index in [1.165, 1.54) is 0 Å². The summed E-state index contributed by atoms with van der Waals surface area (Å²) in [5, 5.41) is 2.64. The van der Waals surface area contributed by atoms with E-state index in [0.29, 0.717) is 24.4 Å². The number of amides is 1. The summed E-state index contributed by atoms with van der Waals surface area (Å²) in [6, 6.07) is 0. The second kappa shape index (κ2) is 4.47. The first kappa shape index (κ1) is 12.4. The molecule has 0 aromatic rings. The lowest BCUT2D eigenvalue weighted by molar-refractivity contribution is -0.138. The van der Waals surface area contributed by atoms with E-state index in [-0.39, 0.29) is 11.9 Å². The largest absolute Gasteiger partial charge is 0.410 e. The van der Waals surface area contributed by atoms with Crippen LogP contribution in [-0.4, -0.2) is 29.9 Å². The topological polar surface area (TPSA) is 67.8 Å². The van der Waals surface area contributed by atoms with E-state index in [0.717, 1.165) is 0 Å². The van der Waals surface area contributed by atoms with Gasteiger partial charge in [-0.25, -0.2) is 9.79 Å². The molecule has 0 atom stereocenters. The number of carbonyl (C=O) groups is 2. The average molecular weight is 224 g/mol. The predicted molar refractivity (Wildman–Crippen MR) is 60.0 cm³/mol. The van der Waals surface area contributed by atoms with E-state index in [2.05, 4.69) is 16.9 Å². The van der Waals surface area contributed by atoms with Gasteiger partial charge in [0.1, 0.15) is 0 Å². The molecule has 1 rings (SSSR count). The summed E-state index contributed by atoms with van der Waals surface area (Å²) in [6.45, 7) is 8.90. The summed E-state index contributed by atoms with van der Waals surface area (Å²) in [5.74, 6) is -0.185. The highest BCUT2D eigenvalue weighted by atomic mass is 16.6. The first-order valence-corrected chi connectivity index (χ1v) is 5.07. The summed E-state index contributed by atoms with van der Waals surface area (Å²) >= 11 is 0. The third-order valence-corrected chi connectivity index (χ3v) is 2.13. The molecule has 0 aliphatic carbocycles. The number of esters is 1. The zero-order chi connectivity index (χ0) is 12.3. The normalized spacial score (nSPS) is 17.7. The number of rotatable bonds is 4. The lowest BCUT2D eigenvalue weighted by atomic mass is 10.1. The van der Waals surface area contributed by atoms with Crippen LogP contribution in [0, 0.1) is 0 Å². The van der Waals surface area contributed by atoms with E-state index in [4.69, 9.17) is 4.74 Å². The Hall–Kier alpha value is -1.65. The van der Waals surface area contributed by atoms with Gasteiger partial charge in [0.05, 0.1) is 0 Å². The van der Waals surface area contributed by atoms with Gasteiger partial charge in [0, 0.05) is 18.5 Å². The summed E-state index contributed by atoms with van der Waals surface area (Å²) in [5.41, 5.74) is -0.348. The molecule has 16 heavy (non-hydrogen) atoms. The molecule has 88 valence electrons. The lowest BCUT2D eigenvalue weighted by Gasteiger charge is -2.05. The molecule has 0 fully saturated rings. The molecule has 5 nitrogen and oxygen atoms in total. The molecule has 0 unspecified atom stereocenters. The standard InChI is InChI=1S/C11H16N2O3/c1-7(2)9(14)12-6-5-8-13-11(3,4)10(15)16-8/h1,5-6H2,2-4H3,(H,12,14). The van der Waals surface area contributed by atoms with Gasteiger partial charge in [-0.05, 0) is 20.8 Å². The van der Waals surface area contributed by atoms with Crippen LogP contribution in [0.25, 0.3) is 0 Å². The maximum absolute atomic E-state index is 11.3. The molecule has 0 aromatic heterocycles. The molecule has 1 aliphatic rings. The quantitative estimate of drug-likeness (QED) is 0.567. The molecular formula is C11H16N2O3. The number of hydrogen-bond donors (Lipinski definition) is 1. The van der Waals surface area contributed by atoms with Gasteiger partial charge in [-0.1, -0.05) is 6.58 Å². The fourth-order valence-electron chi connectivity index (χ4n) is 1.15. The van der Waals surface area contributed by atoms with Crippen molar-refractivity contribution in [3.8, 4) is 0 Å². The number of aliphatic imine (C=N–C) groups is 1. The molecule has 0 radical (unpaired) electrons. The molecule has 0 saturated carbocycles. The monoisotopic (exact) mass is 224 g/mol. The Labute approximate surface area is 94.6 Å². The minimum atomic E-state index is -0.798. The van der Waals surface area contributed by atoms with Crippen molar-refractivity contribution in [2.75, 3.05) is 6.54 Å². The van der Waals surface area contributed by atoms with Crippen molar-refractivity contribution >= 4 is 17.8 Å². The fraction of sp³-hybridized carbons (Fsp3) is 0.545. The minimum Gasteiger partial charge on any atom is -0.410 e. The SMILES string of the molecule is C=C(C)C(=O)NCCC1=NC(C)(C)C(=O)O1. The highest BCUT2D eigenvalue weighted by Gasteiger charge is 2.36. The third kappa shape index (κ3) is 2.92. The zero-order valence-electron chi connectivity index (χ0n) is 9.79. The Bertz CT molecular complexity index is 369. The van der Waals surface area contributed by atoms with Gasteiger partial charge in [-0.2, -0.15) is 0 Å². The van der Waals surface area contributed by atoms with Gasteiger partial charge >= 0.3 is 5.97 Å². The number of nitrogens with zero attached hydrogens (tertiary/aromatic N) is 1. The van der Waals surface area contributed by atoms with Crippen LogP contribution in [0.3, 0.4) is 0 Å². The van der Waals surface area contributed by atoms with Gasteiger partial charge < -0.3 is 10.1 Å². The van der Waals surface area contributed by atoms with Crippen LogP contribution in [0.15, 0.2) is 17.1 Å². The summed E-state index contributed by atoms with van der Waals surface area (Å²) in [7, 11) is 0. The second-order valence-corrected chi connectivity index (χ2v) is 4.24. The predicted octanol–water partition coefficient (Wildman–Crippen LogP) is 0.803. The molecule has 1 heterocycles. The number of ether oxygens (including phenoxy) is 1. The van der Waals surface area contributed by atoms with Gasteiger partial charge in [0.25, 0.3) is 0 Å². The van der Waals surface area contributed by atoms with Crippen molar-refractivity contribution < 1.29 is 14.3 Å². The van der Waals surface area contributed by atoms with E-state index >= 15 is 0 Å². The van der Waals surface area contributed by atoms with Gasteiger partial charge in [-0.15, -0.1) is 0 Å². The van der Waals surface area contributed by atoms with Crippen LogP contribution in [-0.2, 0) is 14.3 Å². The highest BCUT2D eigenvalue weighted by molar-refractivity contribution is 5.99. The number of carbonyl (C=O) groups excluding carboxylic acids is 2. The maximum Gasteiger partial charge on any atom is 0.340 e. The van der Waals surface area contributed by atoms with Crippen LogP contribution < -0.4 is 5.32 Å². The smallest absolute Gasteiger partial charge is 0.340 e. The molecule has 0 bridgehead atoms. The Morgan fingerprint density at radius 1 is 1.56 bits per heavy atom. The average Bonchev–Trinajstić information content (AvgIpc) is 2.40. The zero-order valence-corrected chi connectivity index (χ0v) is 9.79. The van der Waals surface area contributed by atoms with Crippen molar-refractivity contribution in [3.05, 3.63) is 12.2 Å². The van der Waals surface area contributed by atoms with Crippen molar-refractivity contribution in [3.63, 3.8) is 0 Å². The molecule has 5 heteroatoms. The van der Waals surface area contributed by atoms with Gasteiger partial charge in [-0.3, -0.25) is 4.79 Å². The molecule has 0 spiro atoms. The minimum absolute atomic E-state index is 0.204. The fourth-order valence-corrected chi connectivity index (χ4v) is 1.15. The number of nitrogens with one attached hydrogen (secondary N) is 1. The van der Waals surface area contributed by atoms with Crippen molar-refractivity contribution in [2.45, 2.75) is 32.7 Å². The first-order valence-electron chi connectivity index (χ1n) is 5.07. The van der Waals surface area contributed by atoms with Crippen molar-refractivity contribution in [2.24, 2.45) is 4.99 Å². The number of cyclic esters (lactones) is 1. The Morgan fingerprint density at radius 3 is 2.62 bits per heavy atom. The highest BCUT2D eigenvalue weighted by Crippen LogP contribution is 2.19. The summed E-state index contributed by atoms with van der Waals surface area (Å²) in [4.78, 5) is 26.5. The van der Waals surface area contributed by atoms with E-state index in [1.54, 1.807) is 20.8 Å². The van der Waals surface area contributed by atoms with Gasteiger partial charge in [0.2, 0.25) is 5.91 Å². The molecule has 0 saturated heterocycles. The first-order chi connectivity index (χ1) is 7.33. The number of hydrogen-bond acceptors (Lipinski definition) is 4. The van der Waals surface area contributed by atoms with Crippen LogP contribution in [0.1, 0.15) is 27.2 Å². The molecule has 1 aliphatic heterocycles. The molecule has 1 amide bonds. The Kier molecular flexibility index (Phi) is 3.47. The van der Waals surface area contributed by atoms with Crippen molar-refractivity contribution in [1.29, 1.82) is 0 Å². The molecule has 0 aromatic carbocycles. The summed E-state index contributed by atoms with van der Waals surface area (Å²) < 4.78 is 4.96. The van der Waals surface area contributed by atoms with E-state index in [1.807, 2.05) is 0 Å². The maximum atomic E-state index is 11.3. The van der Waals surface area contributed by atoms with Gasteiger partial charge in [0.15, 0.2) is 11.4 Å². The van der Waals surface area contributed by atoms with Crippen LogP contribution in [0.5, 0.6) is 0 Å². The van der Waals surface area contributed by atoms with E-state index < -0.39 is 5.54 Å². The van der Waals surface area contributed by atoms with Crippen LogP contribution >= 0.6 is 0 Å². The Morgan fingerprint density at radius 2 is 2.19 bits per heavy atom. The lowest BCUT2D eigenvalue weighted by Crippen LogP contribution is -2.26. The summed E-state index contributed by atoms with van der Waals surface area (Å²) in [6.07, 6.45) is 0.411. The van der Waals surface area contributed by atoms with Crippen molar-refractivity contribution in [1.82, 2.24) is 5.32 Å². The third-order valence-electron chi connectivity index (χ3n) is 2.13. The van der Waals surface area contributed by atoms with Crippen LogP contribution in [0.2, 0.25) is 0 Å². The molecular weight excluding hydrogens is 208 g/mol. The second-order valence-electron chi connectivity index (χ2n) is 4.24. The Balaban J connectivity index is 2.39. The molecule has 1 N–H and O–H groups in total.